The molecule has 3 aromatic rings. The monoisotopic (exact) mass is 314 g/mol. The molecule has 1 atom stereocenters. The van der Waals surface area contributed by atoms with Crippen molar-refractivity contribution in [3.05, 3.63) is 96.1 Å². The van der Waals surface area contributed by atoms with Gasteiger partial charge in [-0.3, -0.25) is 4.90 Å². The molecule has 120 valence electrons. The highest BCUT2D eigenvalue weighted by Gasteiger charge is 2.24. The lowest BCUT2D eigenvalue weighted by Gasteiger charge is -2.28. The standard InChI is InChI=1S/C22H22N2/c1-3-7-18(8-4-1)19-11-13-21(14-12-19)22(24-16-15-23-17-24)20-9-5-2-6-10-20/h1-14,22-23H,15-17H2. The number of rotatable bonds is 4. The van der Waals surface area contributed by atoms with E-state index in [1.165, 1.54) is 22.3 Å². The molecule has 0 saturated carbocycles. The van der Waals surface area contributed by atoms with Gasteiger partial charge in [-0.15, -0.1) is 0 Å². The zero-order chi connectivity index (χ0) is 16.2. The Bertz CT molecular complexity index is 760. The zero-order valence-electron chi connectivity index (χ0n) is 13.7. The van der Waals surface area contributed by atoms with Gasteiger partial charge in [0.15, 0.2) is 0 Å². The number of hydrogen-bond donors (Lipinski definition) is 1. The van der Waals surface area contributed by atoms with Crippen molar-refractivity contribution >= 4 is 0 Å². The van der Waals surface area contributed by atoms with Crippen LogP contribution in [0.2, 0.25) is 0 Å². The van der Waals surface area contributed by atoms with Crippen LogP contribution in [0.25, 0.3) is 11.1 Å². The highest BCUT2D eigenvalue weighted by atomic mass is 15.3. The van der Waals surface area contributed by atoms with Gasteiger partial charge in [-0.1, -0.05) is 84.9 Å². The number of benzene rings is 3. The van der Waals surface area contributed by atoms with Crippen LogP contribution in [-0.2, 0) is 0 Å². The van der Waals surface area contributed by atoms with Crippen LogP contribution < -0.4 is 5.32 Å². The van der Waals surface area contributed by atoms with Gasteiger partial charge in [0.25, 0.3) is 0 Å². The number of nitrogens with zero attached hydrogens (tertiary/aromatic N) is 1. The van der Waals surface area contributed by atoms with Crippen molar-refractivity contribution in [1.29, 1.82) is 0 Å². The first-order valence-electron chi connectivity index (χ1n) is 8.57. The van der Waals surface area contributed by atoms with E-state index in [0.717, 1.165) is 19.8 Å². The fourth-order valence-electron chi connectivity index (χ4n) is 3.48. The molecule has 0 aliphatic carbocycles. The van der Waals surface area contributed by atoms with Crippen LogP contribution in [0.4, 0.5) is 0 Å². The smallest absolute Gasteiger partial charge is 0.0613 e. The van der Waals surface area contributed by atoms with E-state index in [2.05, 4.69) is 95.1 Å². The molecule has 4 rings (SSSR count). The van der Waals surface area contributed by atoms with Crippen molar-refractivity contribution < 1.29 is 0 Å². The van der Waals surface area contributed by atoms with Crippen molar-refractivity contribution in [2.45, 2.75) is 6.04 Å². The Hall–Kier alpha value is -2.42. The van der Waals surface area contributed by atoms with Crippen LogP contribution in [0.1, 0.15) is 17.2 Å². The molecule has 0 radical (unpaired) electrons. The summed E-state index contributed by atoms with van der Waals surface area (Å²) in [6.45, 7) is 3.09. The van der Waals surface area contributed by atoms with Gasteiger partial charge in [0.1, 0.15) is 0 Å². The minimum absolute atomic E-state index is 0.311. The molecule has 3 aromatic carbocycles. The highest BCUT2D eigenvalue weighted by Crippen LogP contribution is 2.30. The Morgan fingerprint density at radius 1 is 0.667 bits per heavy atom. The van der Waals surface area contributed by atoms with E-state index in [9.17, 15) is 0 Å². The minimum atomic E-state index is 0.311. The highest BCUT2D eigenvalue weighted by molar-refractivity contribution is 5.63. The molecule has 2 heteroatoms. The Kier molecular flexibility index (Phi) is 4.41. The Balaban J connectivity index is 1.68. The molecule has 2 nitrogen and oxygen atoms in total. The summed E-state index contributed by atoms with van der Waals surface area (Å²) >= 11 is 0. The van der Waals surface area contributed by atoms with Crippen LogP contribution in [0.3, 0.4) is 0 Å². The lowest BCUT2D eigenvalue weighted by Crippen LogP contribution is -2.28. The lowest BCUT2D eigenvalue weighted by molar-refractivity contribution is 0.278. The summed E-state index contributed by atoms with van der Waals surface area (Å²) in [6.07, 6.45) is 0. The fourth-order valence-corrected chi connectivity index (χ4v) is 3.48. The van der Waals surface area contributed by atoms with Crippen LogP contribution in [0, 0.1) is 0 Å². The maximum absolute atomic E-state index is 3.46. The second kappa shape index (κ2) is 7.00. The summed E-state index contributed by atoms with van der Waals surface area (Å²) < 4.78 is 0. The normalized spacial score (nSPS) is 16.2. The third kappa shape index (κ3) is 3.12. The predicted octanol–water partition coefficient (Wildman–Crippen LogP) is 4.31. The summed E-state index contributed by atoms with van der Waals surface area (Å²) in [5.41, 5.74) is 5.24. The largest absolute Gasteiger partial charge is 0.303 e. The third-order valence-electron chi connectivity index (χ3n) is 4.70. The van der Waals surface area contributed by atoms with E-state index in [1.54, 1.807) is 0 Å². The van der Waals surface area contributed by atoms with E-state index >= 15 is 0 Å². The maximum atomic E-state index is 3.46. The van der Waals surface area contributed by atoms with Gasteiger partial charge >= 0.3 is 0 Å². The molecular weight excluding hydrogens is 292 g/mol. The van der Waals surface area contributed by atoms with Crippen molar-refractivity contribution in [2.24, 2.45) is 0 Å². The Morgan fingerprint density at radius 2 is 1.25 bits per heavy atom. The Morgan fingerprint density at radius 3 is 1.88 bits per heavy atom. The van der Waals surface area contributed by atoms with E-state index in [-0.39, 0.29) is 0 Å². The van der Waals surface area contributed by atoms with Crippen LogP contribution in [0.5, 0.6) is 0 Å². The summed E-state index contributed by atoms with van der Waals surface area (Å²) in [6, 6.07) is 30.7. The van der Waals surface area contributed by atoms with E-state index in [0.29, 0.717) is 6.04 Å². The first-order chi connectivity index (χ1) is 11.9. The number of hydrogen-bond acceptors (Lipinski definition) is 2. The molecule has 0 aromatic heterocycles. The molecule has 1 fully saturated rings. The van der Waals surface area contributed by atoms with Gasteiger partial charge in [-0.2, -0.15) is 0 Å². The quantitative estimate of drug-likeness (QED) is 0.772. The number of nitrogens with one attached hydrogen (secondary N) is 1. The van der Waals surface area contributed by atoms with E-state index < -0.39 is 0 Å². The topological polar surface area (TPSA) is 15.3 Å². The molecule has 0 bridgehead atoms. The van der Waals surface area contributed by atoms with Crippen molar-refractivity contribution in [3.63, 3.8) is 0 Å². The first kappa shape index (κ1) is 15.1. The molecule has 1 N–H and O–H groups in total. The van der Waals surface area contributed by atoms with Crippen LogP contribution in [-0.4, -0.2) is 24.7 Å². The van der Waals surface area contributed by atoms with E-state index in [1.807, 2.05) is 0 Å². The first-order valence-corrected chi connectivity index (χ1v) is 8.57. The minimum Gasteiger partial charge on any atom is -0.303 e. The fraction of sp³-hybridized carbons (Fsp3) is 0.182. The SMILES string of the molecule is c1ccc(-c2ccc(C(c3ccccc3)N3CCNC3)cc2)cc1. The summed E-state index contributed by atoms with van der Waals surface area (Å²) in [4.78, 5) is 2.51. The third-order valence-corrected chi connectivity index (χ3v) is 4.70. The van der Waals surface area contributed by atoms with Gasteiger partial charge in [-0.25, -0.2) is 0 Å². The van der Waals surface area contributed by atoms with Gasteiger partial charge in [-0.05, 0) is 22.3 Å². The molecule has 1 aliphatic rings. The van der Waals surface area contributed by atoms with Crippen LogP contribution in [0.15, 0.2) is 84.9 Å². The molecular formula is C22H22N2. The maximum Gasteiger partial charge on any atom is 0.0613 e. The van der Waals surface area contributed by atoms with Gasteiger partial charge in [0.05, 0.1) is 6.04 Å². The molecule has 1 aliphatic heterocycles. The predicted molar refractivity (Wildman–Crippen MR) is 99.7 cm³/mol. The van der Waals surface area contributed by atoms with Gasteiger partial charge in [0, 0.05) is 19.8 Å². The van der Waals surface area contributed by atoms with Gasteiger partial charge in [0.2, 0.25) is 0 Å². The summed E-state index contributed by atoms with van der Waals surface area (Å²) in [5.74, 6) is 0. The molecule has 0 spiro atoms. The molecule has 0 amide bonds. The summed E-state index contributed by atoms with van der Waals surface area (Å²) in [7, 11) is 0. The van der Waals surface area contributed by atoms with Gasteiger partial charge < -0.3 is 5.32 Å². The second-order valence-electron chi connectivity index (χ2n) is 6.27. The van der Waals surface area contributed by atoms with E-state index in [4.69, 9.17) is 0 Å². The van der Waals surface area contributed by atoms with Crippen molar-refractivity contribution in [3.8, 4) is 11.1 Å². The zero-order valence-corrected chi connectivity index (χ0v) is 13.7. The summed E-state index contributed by atoms with van der Waals surface area (Å²) in [5, 5.41) is 3.46. The molecule has 24 heavy (non-hydrogen) atoms. The molecule has 1 unspecified atom stereocenters. The molecule has 1 saturated heterocycles. The lowest BCUT2D eigenvalue weighted by atomic mass is 9.95. The van der Waals surface area contributed by atoms with Crippen molar-refractivity contribution in [2.75, 3.05) is 19.8 Å². The second-order valence-corrected chi connectivity index (χ2v) is 6.27. The van der Waals surface area contributed by atoms with Crippen molar-refractivity contribution in [1.82, 2.24) is 10.2 Å². The van der Waals surface area contributed by atoms with Crippen LogP contribution >= 0.6 is 0 Å². The average Bonchev–Trinajstić information content (AvgIpc) is 3.18. The average molecular weight is 314 g/mol. The Labute approximate surface area is 143 Å². The molecule has 1 heterocycles.